The minimum Gasteiger partial charge on any atom is -0.477 e. The van der Waals surface area contributed by atoms with E-state index in [-0.39, 0.29) is 17.1 Å². The molecule has 0 radical (unpaired) electrons. The van der Waals surface area contributed by atoms with Crippen molar-refractivity contribution in [1.29, 1.82) is 5.26 Å². The molecule has 0 bridgehead atoms. The van der Waals surface area contributed by atoms with Crippen LogP contribution in [-0.4, -0.2) is 42.4 Å². The minimum atomic E-state index is -1.05. The summed E-state index contributed by atoms with van der Waals surface area (Å²) in [6.07, 6.45) is 0.266. The number of thiophene rings is 1. The van der Waals surface area contributed by atoms with Crippen LogP contribution < -0.4 is 4.90 Å². The predicted octanol–water partition coefficient (Wildman–Crippen LogP) is 3.37. The second-order valence-corrected chi connectivity index (χ2v) is 7.31. The number of rotatable bonds is 4. The van der Waals surface area contributed by atoms with Gasteiger partial charge in [-0.1, -0.05) is 0 Å². The van der Waals surface area contributed by atoms with Crippen molar-refractivity contribution in [2.24, 2.45) is 0 Å². The molecule has 2 aromatic heterocycles. The molecule has 1 aliphatic rings. The van der Waals surface area contributed by atoms with Crippen molar-refractivity contribution < 1.29 is 19.0 Å². The average molecular weight is 385 g/mol. The molecule has 4 rings (SSSR count). The molecular formula is C19H16FN3O3S. The molecule has 3 heterocycles. The number of aromatic carboxylic acids is 1. The van der Waals surface area contributed by atoms with E-state index in [2.05, 4.69) is 11.1 Å². The van der Waals surface area contributed by atoms with Crippen LogP contribution in [0.4, 0.5) is 9.39 Å². The third kappa shape index (κ3) is 3.27. The topological polar surface area (TPSA) is 89.3 Å². The maximum Gasteiger partial charge on any atom is 0.346 e. The molecule has 0 atom stereocenters. The van der Waals surface area contributed by atoms with Gasteiger partial charge in [-0.05, 0) is 24.3 Å². The number of aromatic nitrogens is 1. The lowest BCUT2D eigenvalue weighted by Crippen LogP contribution is -2.36. The lowest BCUT2D eigenvalue weighted by molar-refractivity contribution is 0.0701. The van der Waals surface area contributed by atoms with E-state index in [1.165, 1.54) is 12.1 Å². The van der Waals surface area contributed by atoms with E-state index in [0.29, 0.717) is 47.8 Å². The molecule has 27 heavy (non-hydrogen) atoms. The zero-order valence-corrected chi connectivity index (χ0v) is 15.1. The highest BCUT2D eigenvalue weighted by atomic mass is 32.1. The summed E-state index contributed by atoms with van der Waals surface area (Å²) in [6, 6.07) is 8.41. The molecule has 1 aromatic carbocycles. The van der Waals surface area contributed by atoms with Gasteiger partial charge in [0.15, 0.2) is 0 Å². The first-order valence-corrected chi connectivity index (χ1v) is 9.27. The Hall–Kier alpha value is -2.89. The van der Waals surface area contributed by atoms with Crippen LogP contribution in [0.25, 0.3) is 10.9 Å². The van der Waals surface area contributed by atoms with E-state index in [0.717, 1.165) is 22.5 Å². The number of nitriles is 1. The highest BCUT2D eigenvalue weighted by molar-refractivity contribution is 7.18. The molecule has 138 valence electrons. The fraction of sp³-hybridized carbons (Fsp3) is 0.263. The van der Waals surface area contributed by atoms with E-state index in [9.17, 15) is 19.6 Å². The number of carboxylic acids is 1. The molecule has 3 aromatic rings. The zero-order valence-electron chi connectivity index (χ0n) is 14.3. The van der Waals surface area contributed by atoms with Gasteiger partial charge in [0.05, 0.1) is 18.8 Å². The lowest BCUT2D eigenvalue weighted by atomic mass is 10.0. The summed E-state index contributed by atoms with van der Waals surface area (Å²) < 4.78 is 18.8. The maximum absolute atomic E-state index is 13.4. The van der Waals surface area contributed by atoms with Gasteiger partial charge >= 0.3 is 5.97 Å². The number of benzene rings is 1. The molecular weight excluding hydrogens is 369 g/mol. The van der Waals surface area contributed by atoms with Crippen molar-refractivity contribution in [2.45, 2.75) is 6.42 Å². The molecule has 1 aliphatic heterocycles. The van der Waals surface area contributed by atoms with Crippen molar-refractivity contribution in [3.63, 3.8) is 0 Å². The predicted molar refractivity (Wildman–Crippen MR) is 100 cm³/mol. The Labute approximate surface area is 158 Å². The van der Waals surface area contributed by atoms with Crippen molar-refractivity contribution in [2.75, 3.05) is 31.2 Å². The SMILES string of the molecule is N#Cc1c(N2CCOCC2)sc(C(=O)O)c1Cc1cc2cc(F)ccc2[nH]1. The number of hydrogen-bond acceptors (Lipinski definition) is 5. The van der Waals surface area contributed by atoms with Gasteiger partial charge in [-0.2, -0.15) is 5.26 Å². The third-order valence-corrected chi connectivity index (χ3v) is 5.88. The van der Waals surface area contributed by atoms with Gasteiger partial charge in [-0.25, -0.2) is 9.18 Å². The summed E-state index contributed by atoms with van der Waals surface area (Å²) in [6.45, 7) is 2.35. The van der Waals surface area contributed by atoms with E-state index in [4.69, 9.17) is 4.74 Å². The van der Waals surface area contributed by atoms with E-state index in [1.54, 1.807) is 12.1 Å². The molecule has 2 N–H and O–H groups in total. The summed E-state index contributed by atoms with van der Waals surface area (Å²) in [4.78, 5) is 17.1. The molecule has 0 unspecified atom stereocenters. The van der Waals surface area contributed by atoms with Crippen LogP contribution in [-0.2, 0) is 11.2 Å². The maximum atomic E-state index is 13.4. The summed E-state index contributed by atoms with van der Waals surface area (Å²) in [5.41, 5.74) is 2.39. The number of aromatic amines is 1. The van der Waals surface area contributed by atoms with Crippen molar-refractivity contribution in [1.82, 2.24) is 4.98 Å². The number of carbonyl (C=O) groups is 1. The highest BCUT2D eigenvalue weighted by Gasteiger charge is 2.27. The van der Waals surface area contributed by atoms with E-state index >= 15 is 0 Å². The van der Waals surface area contributed by atoms with Crippen molar-refractivity contribution in [3.05, 3.63) is 51.8 Å². The van der Waals surface area contributed by atoms with Gasteiger partial charge in [0.25, 0.3) is 0 Å². The monoisotopic (exact) mass is 385 g/mol. The smallest absolute Gasteiger partial charge is 0.346 e. The molecule has 0 amide bonds. The van der Waals surface area contributed by atoms with Crippen LogP contribution in [0.5, 0.6) is 0 Å². The van der Waals surface area contributed by atoms with E-state index < -0.39 is 5.97 Å². The zero-order chi connectivity index (χ0) is 19.0. The van der Waals surface area contributed by atoms with Crippen molar-refractivity contribution >= 4 is 33.2 Å². The summed E-state index contributed by atoms with van der Waals surface area (Å²) in [5.74, 6) is -1.38. The largest absolute Gasteiger partial charge is 0.477 e. The Morgan fingerprint density at radius 1 is 1.37 bits per heavy atom. The molecule has 8 heteroatoms. The Kier molecular flexibility index (Phi) is 4.56. The fourth-order valence-electron chi connectivity index (χ4n) is 3.35. The third-order valence-electron chi connectivity index (χ3n) is 4.60. The Balaban J connectivity index is 1.76. The number of ether oxygens (including phenoxy) is 1. The van der Waals surface area contributed by atoms with Gasteiger partial charge < -0.3 is 19.7 Å². The van der Waals surface area contributed by atoms with Crippen LogP contribution in [0.15, 0.2) is 24.3 Å². The number of fused-ring (bicyclic) bond motifs is 1. The lowest BCUT2D eigenvalue weighted by Gasteiger charge is -2.27. The van der Waals surface area contributed by atoms with E-state index in [1.807, 2.05) is 4.90 Å². The number of nitrogens with one attached hydrogen (secondary N) is 1. The van der Waals surface area contributed by atoms with Crippen molar-refractivity contribution in [3.8, 4) is 6.07 Å². The Morgan fingerprint density at radius 2 is 2.15 bits per heavy atom. The first-order valence-electron chi connectivity index (χ1n) is 8.45. The second kappa shape index (κ2) is 7.02. The number of carboxylic acid groups (broad SMARTS) is 1. The Bertz CT molecular complexity index is 1060. The highest BCUT2D eigenvalue weighted by Crippen LogP contribution is 2.37. The fourth-order valence-corrected chi connectivity index (χ4v) is 4.51. The van der Waals surface area contributed by atoms with Crippen LogP contribution in [0.3, 0.4) is 0 Å². The standard InChI is InChI=1S/C19H16FN3O3S/c20-12-1-2-16-11(7-12)8-13(22-16)9-14-15(10-21)18(27-17(14)19(24)25)23-3-5-26-6-4-23/h1-2,7-8,22H,3-6,9H2,(H,24,25). The first kappa shape index (κ1) is 17.5. The molecule has 1 saturated heterocycles. The number of halogens is 1. The van der Waals surface area contributed by atoms with Gasteiger partial charge in [-0.15, -0.1) is 11.3 Å². The van der Waals surface area contributed by atoms with Gasteiger partial charge in [0.1, 0.15) is 21.8 Å². The number of morpholine rings is 1. The quantitative estimate of drug-likeness (QED) is 0.719. The van der Waals surface area contributed by atoms with Gasteiger partial charge in [0, 0.05) is 41.7 Å². The van der Waals surface area contributed by atoms with Crippen LogP contribution in [0.2, 0.25) is 0 Å². The number of anilines is 1. The number of hydrogen-bond donors (Lipinski definition) is 2. The minimum absolute atomic E-state index is 0.165. The average Bonchev–Trinajstić information content (AvgIpc) is 3.23. The molecule has 1 fully saturated rings. The molecule has 0 saturated carbocycles. The molecule has 0 spiro atoms. The Morgan fingerprint density at radius 3 is 2.85 bits per heavy atom. The van der Waals surface area contributed by atoms with Crippen LogP contribution in [0.1, 0.15) is 26.5 Å². The summed E-state index contributed by atoms with van der Waals surface area (Å²) in [5, 5.41) is 20.8. The molecule has 0 aliphatic carbocycles. The second-order valence-electron chi connectivity index (χ2n) is 6.31. The number of nitrogens with zero attached hydrogens (tertiary/aromatic N) is 2. The van der Waals surface area contributed by atoms with Crippen LogP contribution in [0, 0.1) is 17.1 Å². The van der Waals surface area contributed by atoms with Gasteiger partial charge in [-0.3, -0.25) is 0 Å². The summed E-state index contributed by atoms with van der Waals surface area (Å²) >= 11 is 1.13. The normalized spacial score (nSPS) is 14.4. The molecule has 6 nitrogen and oxygen atoms in total. The van der Waals surface area contributed by atoms with Gasteiger partial charge in [0.2, 0.25) is 0 Å². The van der Waals surface area contributed by atoms with Crippen LogP contribution >= 0.6 is 11.3 Å². The number of H-pyrrole nitrogens is 1. The first-order chi connectivity index (χ1) is 13.1. The summed E-state index contributed by atoms with van der Waals surface area (Å²) in [7, 11) is 0.